The minimum Gasteiger partial charge on any atom is -0.342 e. The van der Waals surface area contributed by atoms with Crippen LogP contribution in [0.25, 0.3) is 10.2 Å². The average molecular weight is 306 g/mol. The zero-order valence-corrected chi connectivity index (χ0v) is 13.2. The van der Waals surface area contributed by atoms with Crippen molar-refractivity contribution in [2.24, 2.45) is 0 Å². The number of carbonyl (C=O) groups is 1. The number of fused-ring (bicyclic) bond motifs is 1. The van der Waals surface area contributed by atoms with E-state index in [1.165, 1.54) is 16.7 Å². The molecule has 1 aromatic heterocycles. The van der Waals surface area contributed by atoms with Gasteiger partial charge >= 0.3 is 0 Å². The third-order valence-electron chi connectivity index (χ3n) is 3.55. The van der Waals surface area contributed by atoms with E-state index in [0.717, 1.165) is 35.8 Å². The number of piperidine rings is 1. The van der Waals surface area contributed by atoms with Crippen molar-refractivity contribution in [1.29, 1.82) is 0 Å². The molecule has 20 heavy (non-hydrogen) atoms. The van der Waals surface area contributed by atoms with Crippen molar-refractivity contribution in [2.45, 2.75) is 30.5 Å². The average Bonchev–Trinajstić information content (AvgIpc) is 2.87. The molecule has 1 aliphatic rings. The number of hydrogen-bond donors (Lipinski definition) is 0. The quantitative estimate of drug-likeness (QED) is 0.811. The molecule has 0 saturated carbocycles. The number of likely N-dealkylation sites (tertiary alicyclic amines) is 1. The highest BCUT2D eigenvalue weighted by atomic mass is 32.2. The number of amides is 1. The van der Waals surface area contributed by atoms with Gasteiger partial charge in [0.15, 0.2) is 4.34 Å². The van der Waals surface area contributed by atoms with Crippen LogP contribution in [0.4, 0.5) is 0 Å². The van der Waals surface area contributed by atoms with Crippen LogP contribution in [-0.4, -0.2) is 34.6 Å². The van der Waals surface area contributed by atoms with Gasteiger partial charge in [0.2, 0.25) is 5.91 Å². The number of thioether (sulfide) groups is 1. The second kappa shape index (κ2) is 6.14. The predicted molar refractivity (Wildman–Crippen MR) is 85.5 cm³/mol. The number of thiazole rings is 1. The summed E-state index contributed by atoms with van der Waals surface area (Å²) in [6.45, 7) is 3.95. The molecule has 0 radical (unpaired) electrons. The molecule has 106 valence electrons. The van der Waals surface area contributed by atoms with Crippen molar-refractivity contribution in [3.8, 4) is 0 Å². The van der Waals surface area contributed by atoms with Gasteiger partial charge in [-0.1, -0.05) is 17.8 Å². The molecule has 3 rings (SSSR count). The second-order valence-corrected chi connectivity index (χ2v) is 7.43. The Hall–Kier alpha value is -1.07. The summed E-state index contributed by atoms with van der Waals surface area (Å²) in [5, 5.41) is 0. The van der Waals surface area contributed by atoms with E-state index in [-0.39, 0.29) is 5.91 Å². The Labute approximate surface area is 127 Å². The van der Waals surface area contributed by atoms with Crippen LogP contribution < -0.4 is 0 Å². The Morgan fingerprint density at radius 1 is 1.35 bits per heavy atom. The smallest absolute Gasteiger partial charge is 0.233 e. The Kier molecular flexibility index (Phi) is 4.27. The van der Waals surface area contributed by atoms with Gasteiger partial charge in [0, 0.05) is 13.1 Å². The fraction of sp³-hybridized carbons (Fsp3) is 0.467. The van der Waals surface area contributed by atoms with Crippen LogP contribution in [0.3, 0.4) is 0 Å². The van der Waals surface area contributed by atoms with E-state index >= 15 is 0 Å². The summed E-state index contributed by atoms with van der Waals surface area (Å²) in [6, 6.07) is 6.29. The first-order chi connectivity index (χ1) is 9.72. The lowest BCUT2D eigenvalue weighted by molar-refractivity contribution is -0.129. The van der Waals surface area contributed by atoms with Crippen LogP contribution in [0.2, 0.25) is 0 Å². The maximum atomic E-state index is 12.1. The topological polar surface area (TPSA) is 33.2 Å². The van der Waals surface area contributed by atoms with Gasteiger partial charge in [-0.3, -0.25) is 4.79 Å². The van der Waals surface area contributed by atoms with Crippen molar-refractivity contribution in [2.75, 3.05) is 18.8 Å². The highest BCUT2D eigenvalue weighted by molar-refractivity contribution is 8.01. The molecule has 1 aliphatic heterocycles. The number of rotatable bonds is 3. The molecule has 1 amide bonds. The molecule has 0 N–H and O–H groups in total. The van der Waals surface area contributed by atoms with Crippen molar-refractivity contribution in [1.82, 2.24) is 9.88 Å². The normalized spacial score (nSPS) is 15.8. The minimum atomic E-state index is 0.255. The lowest BCUT2D eigenvalue weighted by atomic mass is 10.1. The molecule has 3 nitrogen and oxygen atoms in total. The van der Waals surface area contributed by atoms with Gasteiger partial charge in [-0.25, -0.2) is 4.98 Å². The maximum Gasteiger partial charge on any atom is 0.233 e. The summed E-state index contributed by atoms with van der Waals surface area (Å²) in [4.78, 5) is 18.7. The summed E-state index contributed by atoms with van der Waals surface area (Å²) in [5.74, 6) is 0.767. The third kappa shape index (κ3) is 3.15. The highest BCUT2D eigenvalue weighted by Gasteiger charge is 2.17. The summed E-state index contributed by atoms with van der Waals surface area (Å²) >= 11 is 3.25. The van der Waals surface area contributed by atoms with Gasteiger partial charge < -0.3 is 4.90 Å². The van der Waals surface area contributed by atoms with Gasteiger partial charge in [0.05, 0.1) is 16.0 Å². The first-order valence-electron chi connectivity index (χ1n) is 7.00. The summed E-state index contributed by atoms with van der Waals surface area (Å²) in [7, 11) is 0. The Balaban J connectivity index is 1.63. The second-order valence-electron chi connectivity index (χ2n) is 5.18. The Morgan fingerprint density at radius 2 is 2.15 bits per heavy atom. The number of nitrogens with zero attached hydrogens (tertiary/aromatic N) is 2. The zero-order chi connectivity index (χ0) is 13.9. The van der Waals surface area contributed by atoms with Crippen molar-refractivity contribution >= 4 is 39.2 Å². The SMILES string of the molecule is Cc1ccc2nc(SCC(=O)N3CCCCC3)sc2c1. The number of benzene rings is 1. The van der Waals surface area contributed by atoms with E-state index in [4.69, 9.17) is 0 Å². The number of hydrogen-bond acceptors (Lipinski definition) is 4. The summed E-state index contributed by atoms with van der Waals surface area (Å²) < 4.78 is 2.20. The first kappa shape index (κ1) is 13.9. The lowest BCUT2D eigenvalue weighted by Crippen LogP contribution is -2.36. The Bertz CT molecular complexity index is 617. The molecule has 2 aromatic rings. The van der Waals surface area contributed by atoms with Crippen molar-refractivity contribution in [3.05, 3.63) is 23.8 Å². The van der Waals surface area contributed by atoms with E-state index in [1.807, 2.05) is 4.90 Å². The van der Waals surface area contributed by atoms with Gasteiger partial charge in [-0.05, 0) is 43.9 Å². The van der Waals surface area contributed by atoms with E-state index in [0.29, 0.717) is 5.75 Å². The molecule has 0 bridgehead atoms. The molecule has 0 aliphatic carbocycles. The van der Waals surface area contributed by atoms with E-state index in [2.05, 4.69) is 30.1 Å². The summed E-state index contributed by atoms with van der Waals surface area (Å²) in [5.41, 5.74) is 2.29. The van der Waals surface area contributed by atoms with Crippen LogP contribution in [0, 0.1) is 6.92 Å². The van der Waals surface area contributed by atoms with Crippen LogP contribution >= 0.6 is 23.1 Å². The van der Waals surface area contributed by atoms with Crippen LogP contribution in [0.15, 0.2) is 22.5 Å². The fourth-order valence-corrected chi connectivity index (χ4v) is 4.50. The monoisotopic (exact) mass is 306 g/mol. The molecule has 1 fully saturated rings. The standard InChI is InChI=1S/C15H18N2OS2/c1-11-5-6-12-13(9-11)20-15(16-12)19-10-14(18)17-7-3-2-4-8-17/h5-6,9H,2-4,7-8,10H2,1H3. The van der Waals surface area contributed by atoms with E-state index in [1.54, 1.807) is 23.1 Å². The van der Waals surface area contributed by atoms with E-state index < -0.39 is 0 Å². The van der Waals surface area contributed by atoms with E-state index in [9.17, 15) is 4.79 Å². The van der Waals surface area contributed by atoms with Gasteiger partial charge in [0.25, 0.3) is 0 Å². The van der Waals surface area contributed by atoms with Crippen LogP contribution in [0.5, 0.6) is 0 Å². The first-order valence-corrected chi connectivity index (χ1v) is 8.80. The molecule has 0 atom stereocenters. The molecule has 1 saturated heterocycles. The van der Waals surface area contributed by atoms with Crippen molar-refractivity contribution < 1.29 is 4.79 Å². The largest absolute Gasteiger partial charge is 0.342 e. The molecule has 2 heterocycles. The highest BCUT2D eigenvalue weighted by Crippen LogP contribution is 2.30. The minimum absolute atomic E-state index is 0.255. The van der Waals surface area contributed by atoms with Gasteiger partial charge in [-0.15, -0.1) is 11.3 Å². The van der Waals surface area contributed by atoms with Gasteiger partial charge in [0.1, 0.15) is 0 Å². The van der Waals surface area contributed by atoms with Crippen LogP contribution in [0.1, 0.15) is 24.8 Å². The maximum absolute atomic E-state index is 12.1. The fourth-order valence-electron chi connectivity index (χ4n) is 2.43. The molecule has 0 spiro atoms. The lowest BCUT2D eigenvalue weighted by Gasteiger charge is -2.26. The number of aryl methyl sites for hydroxylation is 1. The van der Waals surface area contributed by atoms with Gasteiger partial charge in [-0.2, -0.15) is 0 Å². The number of carbonyl (C=O) groups excluding carboxylic acids is 1. The number of aromatic nitrogens is 1. The zero-order valence-electron chi connectivity index (χ0n) is 11.6. The Morgan fingerprint density at radius 3 is 2.95 bits per heavy atom. The molecule has 1 aromatic carbocycles. The molecular weight excluding hydrogens is 288 g/mol. The van der Waals surface area contributed by atoms with Crippen molar-refractivity contribution in [3.63, 3.8) is 0 Å². The summed E-state index contributed by atoms with van der Waals surface area (Å²) in [6.07, 6.45) is 3.56. The molecular formula is C15H18N2OS2. The molecule has 5 heteroatoms. The predicted octanol–water partition coefficient (Wildman–Crippen LogP) is 3.71. The van der Waals surface area contributed by atoms with Crippen LogP contribution in [-0.2, 0) is 4.79 Å². The molecule has 0 unspecified atom stereocenters. The third-order valence-corrected chi connectivity index (χ3v) is 5.70.